The van der Waals surface area contributed by atoms with Crippen molar-refractivity contribution >= 4 is 18.3 Å². The van der Waals surface area contributed by atoms with Crippen LogP contribution in [-0.4, -0.2) is 55.4 Å². The molecule has 3 aliphatic rings. The van der Waals surface area contributed by atoms with Gasteiger partial charge in [-0.05, 0) is 24.3 Å². The maximum atomic E-state index is 13.5. The van der Waals surface area contributed by atoms with Crippen LogP contribution in [0.2, 0.25) is 0 Å². The zero-order valence-electron chi connectivity index (χ0n) is 14.4. The van der Waals surface area contributed by atoms with E-state index < -0.39 is 5.41 Å². The zero-order chi connectivity index (χ0) is 16.6. The van der Waals surface area contributed by atoms with Crippen LogP contribution in [0.3, 0.4) is 0 Å². The third-order valence-electron chi connectivity index (χ3n) is 6.17. The van der Waals surface area contributed by atoms with Gasteiger partial charge in [0.2, 0.25) is 5.91 Å². The fourth-order valence-electron chi connectivity index (χ4n) is 4.71. The number of likely N-dealkylation sites (tertiary alicyclic amines) is 1. The standard InChI is InChI=1S/C19H26N2O3.ClH/c22-13-19(6-8-24-9-7-19)18(23)21-12-15-10-20-11-16(15)17(21)14-4-2-1-3-5-14;/h1-5,15-17,20,22H,6-13H2;1H/t15-,16-,17+;/m0./s1. The summed E-state index contributed by atoms with van der Waals surface area (Å²) in [6, 6.07) is 10.5. The lowest BCUT2D eigenvalue weighted by atomic mass is 9.79. The molecule has 5 nitrogen and oxygen atoms in total. The molecule has 1 aromatic carbocycles. The van der Waals surface area contributed by atoms with Gasteiger partial charge in [-0.3, -0.25) is 4.79 Å². The van der Waals surface area contributed by atoms with Crippen molar-refractivity contribution in [1.82, 2.24) is 10.2 Å². The smallest absolute Gasteiger partial charge is 0.231 e. The molecule has 3 fully saturated rings. The number of nitrogens with one attached hydrogen (secondary N) is 1. The van der Waals surface area contributed by atoms with Gasteiger partial charge in [-0.1, -0.05) is 30.3 Å². The molecule has 138 valence electrons. The van der Waals surface area contributed by atoms with E-state index in [1.807, 2.05) is 18.2 Å². The van der Waals surface area contributed by atoms with E-state index >= 15 is 0 Å². The van der Waals surface area contributed by atoms with E-state index in [0.29, 0.717) is 37.9 Å². The molecular weight excluding hydrogens is 340 g/mol. The molecule has 0 radical (unpaired) electrons. The SMILES string of the molecule is Cl.O=C(N1C[C@@H]2CNC[C@@H]2[C@H]1c1ccccc1)C1(CO)CCOCC1. The number of fused-ring (bicyclic) bond motifs is 1. The van der Waals surface area contributed by atoms with Gasteiger partial charge in [0.05, 0.1) is 18.1 Å². The van der Waals surface area contributed by atoms with E-state index in [1.54, 1.807) is 0 Å². The summed E-state index contributed by atoms with van der Waals surface area (Å²) in [5.41, 5.74) is 0.555. The van der Waals surface area contributed by atoms with Crippen LogP contribution in [0.4, 0.5) is 0 Å². The number of benzene rings is 1. The first-order chi connectivity index (χ1) is 11.7. The predicted octanol–water partition coefficient (Wildman–Crippen LogP) is 1.62. The van der Waals surface area contributed by atoms with Crippen LogP contribution in [0.1, 0.15) is 24.4 Å². The highest BCUT2D eigenvalue weighted by Gasteiger charge is 2.51. The van der Waals surface area contributed by atoms with E-state index in [-0.39, 0.29) is 31.0 Å². The summed E-state index contributed by atoms with van der Waals surface area (Å²) in [6.45, 7) is 3.77. The fraction of sp³-hybridized carbons (Fsp3) is 0.632. The highest BCUT2D eigenvalue weighted by atomic mass is 35.5. The molecule has 3 saturated heterocycles. The number of aliphatic hydroxyl groups excluding tert-OH is 1. The largest absolute Gasteiger partial charge is 0.395 e. The summed E-state index contributed by atoms with van der Waals surface area (Å²) in [4.78, 5) is 15.5. The molecule has 0 unspecified atom stereocenters. The van der Waals surface area contributed by atoms with Crippen LogP contribution in [0.5, 0.6) is 0 Å². The lowest BCUT2D eigenvalue weighted by Crippen LogP contribution is -2.49. The molecule has 3 atom stereocenters. The molecule has 4 rings (SSSR count). The molecule has 3 aliphatic heterocycles. The van der Waals surface area contributed by atoms with Gasteiger partial charge >= 0.3 is 0 Å². The van der Waals surface area contributed by atoms with E-state index in [0.717, 1.165) is 19.6 Å². The second-order valence-electron chi connectivity index (χ2n) is 7.45. The molecule has 6 heteroatoms. The molecular formula is C19H27ClN2O3. The van der Waals surface area contributed by atoms with Gasteiger partial charge in [-0.15, -0.1) is 12.4 Å². The molecule has 1 amide bonds. The molecule has 0 aromatic heterocycles. The molecule has 0 saturated carbocycles. The van der Waals surface area contributed by atoms with Gasteiger partial charge in [0.15, 0.2) is 0 Å². The Kier molecular flexibility index (Phi) is 5.68. The van der Waals surface area contributed by atoms with Crippen LogP contribution in [0.15, 0.2) is 30.3 Å². The normalized spacial score (nSPS) is 30.6. The quantitative estimate of drug-likeness (QED) is 0.853. The third kappa shape index (κ3) is 3.19. The van der Waals surface area contributed by atoms with Gasteiger partial charge in [-0.25, -0.2) is 0 Å². The van der Waals surface area contributed by atoms with Gasteiger partial charge in [0.25, 0.3) is 0 Å². The van der Waals surface area contributed by atoms with E-state index in [9.17, 15) is 9.90 Å². The maximum Gasteiger partial charge on any atom is 0.231 e. The Morgan fingerprint density at radius 1 is 1.24 bits per heavy atom. The van der Waals surface area contributed by atoms with Crippen LogP contribution in [0, 0.1) is 17.3 Å². The van der Waals surface area contributed by atoms with Crippen LogP contribution in [-0.2, 0) is 9.53 Å². The minimum Gasteiger partial charge on any atom is -0.395 e. The number of hydrogen-bond donors (Lipinski definition) is 2. The summed E-state index contributed by atoms with van der Waals surface area (Å²) in [6.07, 6.45) is 1.24. The van der Waals surface area contributed by atoms with Crippen molar-refractivity contribution in [2.24, 2.45) is 17.3 Å². The molecule has 0 bridgehead atoms. The number of carbonyl (C=O) groups excluding carboxylic acids is 1. The van der Waals surface area contributed by atoms with Crippen molar-refractivity contribution in [1.29, 1.82) is 0 Å². The van der Waals surface area contributed by atoms with Crippen LogP contribution >= 0.6 is 12.4 Å². The second kappa shape index (κ2) is 7.62. The van der Waals surface area contributed by atoms with E-state index in [4.69, 9.17) is 4.74 Å². The first kappa shape index (κ1) is 18.6. The molecule has 25 heavy (non-hydrogen) atoms. The Balaban J connectivity index is 0.00000182. The lowest BCUT2D eigenvalue weighted by molar-refractivity contribution is -0.153. The minimum absolute atomic E-state index is 0. The summed E-state index contributed by atoms with van der Waals surface area (Å²) in [5, 5.41) is 13.5. The number of carbonyl (C=O) groups is 1. The van der Waals surface area contributed by atoms with Gasteiger partial charge < -0.3 is 20.1 Å². The number of hydrogen-bond acceptors (Lipinski definition) is 4. The first-order valence-electron chi connectivity index (χ1n) is 9.00. The van der Waals surface area contributed by atoms with Gasteiger partial charge in [0.1, 0.15) is 0 Å². The second-order valence-corrected chi connectivity index (χ2v) is 7.45. The average molecular weight is 367 g/mol. The first-order valence-corrected chi connectivity index (χ1v) is 9.00. The summed E-state index contributed by atoms with van der Waals surface area (Å²) in [7, 11) is 0. The average Bonchev–Trinajstić information content (AvgIpc) is 3.23. The Morgan fingerprint density at radius 2 is 1.96 bits per heavy atom. The molecule has 0 aliphatic carbocycles. The fourth-order valence-corrected chi connectivity index (χ4v) is 4.71. The van der Waals surface area contributed by atoms with Crippen molar-refractivity contribution in [2.45, 2.75) is 18.9 Å². The number of amides is 1. The maximum absolute atomic E-state index is 13.5. The molecule has 2 N–H and O–H groups in total. The van der Waals surface area contributed by atoms with Gasteiger partial charge in [0, 0.05) is 38.8 Å². The minimum atomic E-state index is -0.655. The zero-order valence-corrected chi connectivity index (χ0v) is 15.2. The van der Waals surface area contributed by atoms with E-state index in [1.165, 1.54) is 5.56 Å². The van der Waals surface area contributed by atoms with Crippen LogP contribution in [0.25, 0.3) is 0 Å². The predicted molar refractivity (Wildman–Crippen MR) is 97.6 cm³/mol. The Labute approximate surface area is 155 Å². The Hall–Kier alpha value is -1.14. The molecule has 1 aromatic rings. The highest BCUT2D eigenvalue weighted by Crippen LogP contribution is 2.45. The van der Waals surface area contributed by atoms with Crippen molar-refractivity contribution in [3.8, 4) is 0 Å². The lowest BCUT2D eigenvalue weighted by Gasteiger charge is -2.40. The highest BCUT2D eigenvalue weighted by molar-refractivity contribution is 5.85. The Bertz CT molecular complexity index is 592. The van der Waals surface area contributed by atoms with Crippen molar-refractivity contribution in [3.63, 3.8) is 0 Å². The number of aliphatic hydroxyl groups is 1. The number of nitrogens with zero attached hydrogens (tertiary/aromatic N) is 1. The third-order valence-corrected chi connectivity index (χ3v) is 6.17. The summed E-state index contributed by atoms with van der Waals surface area (Å²) >= 11 is 0. The number of halogens is 1. The van der Waals surface area contributed by atoms with Crippen molar-refractivity contribution in [2.75, 3.05) is 39.5 Å². The molecule has 0 spiro atoms. The topological polar surface area (TPSA) is 61.8 Å². The van der Waals surface area contributed by atoms with Crippen molar-refractivity contribution in [3.05, 3.63) is 35.9 Å². The summed E-state index contributed by atoms with van der Waals surface area (Å²) in [5.74, 6) is 1.10. The summed E-state index contributed by atoms with van der Waals surface area (Å²) < 4.78 is 5.43. The van der Waals surface area contributed by atoms with E-state index in [2.05, 4.69) is 22.3 Å². The number of ether oxygens (including phenoxy) is 1. The Morgan fingerprint density at radius 3 is 2.64 bits per heavy atom. The number of rotatable bonds is 3. The van der Waals surface area contributed by atoms with Gasteiger partial charge in [-0.2, -0.15) is 0 Å². The molecule has 3 heterocycles. The van der Waals surface area contributed by atoms with Crippen LogP contribution < -0.4 is 5.32 Å². The monoisotopic (exact) mass is 366 g/mol. The van der Waals surface area contributed by atoms with Crippen molar-refractivity contribution < 1.29 is 14.6 Å².